The second-order valence-electron chi connectivity index (χ2n) is 4.06. The Kier molecular flexibility index (Phi) is 3.19. The maximum atomic E-state index is 7.67. The van der Waals surface area contributed by atoms with Crippen LogP contribution in [0.2, 0.25) is 0 Å². The van der Waals surface area contributed by atoms with Gasteiger partial charge in [0.2, 0.25) is 0 Å². The number of benzene rings is 1. The number of nitrogens with one attached hydrogen (secondary N) is 1. The molecule has 1 aliphatic carbocycles. The van der Waals surface area contributed by atoms with Crippen molar-refractivity contribution in [1.82, 2.24) is 0 Å². The molecular formula is C12H16BrN3. The lowest BCUT2D eigenvalue weighted by atomic mass is 10.1. The van der Waals surface area contributed by atoms with E-state index in [0.717, 1.165) is 22.3 Å². The fraction of sp³-hybridized carbons (Fsp3) is 0.417. The van der Waals surface area contributed by atoms with Crippen molar-refractivity contribution in [2.24, 2.45) is 5.73 Å². The van der Waals surface area contributed by atoms with E-state index in [-0.39, 0.29) is 5.84 Å². The van der Waals surface area contributed by atoms with Crippen LogP contribution in [-0.2, 0) is 0 Å². The minimum absolute atomic E-state index is 0.126. The Hall–Kier alpha value is -1.03. The van der Waals surface area contributed by atoms with Crippen molar-refractivity contribution in [1.29, 1.82) is 5.41 Å². The van der Waals surface area contributed by atoms with Crippen LogP contribution in [-0.4, -0.2) is 18.4 Å². The molecule has 4 heteroatoms. The summed E-state index contributed by atoms with van der Waals surface area (Å²) in [5.41, 5.74) is 7.55. The number of rotatable bonds is 4. The maximum Gasteiger partial charge on any atom is 0.126 e. The van der Waals surface area contributed by atoms with E-state index < -0.39 is 0 Å². The molecule has 0 radical (unpaired) electrons. The van der Waals surface area contributed by atoms with Crippen molar-refractivity contribution < 1.29 is 0 Å². The number of nitrogens with two attached hydrogens (primary N) is 1. The molecule has 0 aromatic heterocycles. The molecule has 0 heterocycles. The highest BCUT2D eigenvalue weighted by Gasteiger charge is 2.30. The normalized spacial score (nSPS) is 14.9. The summed E-state index contributed by atoms with van der Waals surface area (Å²) in [4.78, 5) is 2.33. The standard InChI is InChI=1S/C12H16BrN3/c1-2-16(8-6-7-8)10-5-3-4-9(13)11(10)12(14)15/h3-5,8H,2,6-7H2,1H3,(H3,14,15). The van der Waals surface area contributed by atoms with E-state index in [9.17, 15) is 0 Å². The van der Waals surface area contributed by atoms with Gasteiger partial charge in [-0.15, -0.1) is 0 Å². The molecule has 0 unspecified atom stereocenters. The fourth-order valence-electron chi connectivity index (χ4n) is 2.03. The molecule has 0 aliphatic heterocycles. The lowest BCUT2D eigenvalue weighted by Gasteiger charge is -2.25. The Morgan fingerprint density at radius 1 is 1.56 bits per heavy atom. The van der Waals surface area contributed by atoms with Gasteiger partial charge < -0.3 is 10.6 Å². The van der Waals surface area contributed by atoms with Gasteiger partial charge in [0.1, 0.15) is 5.84 Å². The summed E-state index contributed by atoms with van der Waals surface area (Å²) in [6.45, 7) is 3.10. The molecule has 3 nitrogen and oxygen atoms in total. The van der Waals surface area contributed by atoms with Gasteiger partial charge in [0, 0.05) is 22.7 Å². The smallest absolute Gasteiger partial charge is 0.126 e. The molecule has 1 aromatic rings. The monoisotopic (exact) mass is 281 g/mol. The number of hydrogen-bond acceptors (Lipinski definition) is 2. The Balaban J connectivity index is 2.45. The molecule has 0 atom stereocenters. The van der Waals surface area contributed by atoms with Crippen molar-refractivity contribution in [2.45, 2.75) is 25.8 Å². The Bertz CT molecular complexity index is 413. The van der Waals surface area contributed by atoms with Gasteiger partial charge in [0.15, 0.2) is 0 Å². The van der Waals surface area contributed by atoms with Crippen LogP contribution in [0, 0.1) is 5.41 Å². The third kappa shape index (κ3) is 2.07. The number of nitrogen functional groups attached to an aromatic ring is 1. The highest BCUT2D eigenvalue weighted by Crippen LogP contribution is 2.35. The Labute approximate surface area is 104 Å². The van der Waals surface area contributed by atoms with E-state index in [1.54, 1.807) is 0 Å². The largest absolute Gasteiger partial charge is 0.384 e. The zero-order chi connectivity index (χ0) is 11.7. The predicted molar refractivity (Wildman–Crippen MR) is 71.2 cm³/mol. The molecule has 2 rings (SSSR count). The molecule has 0 saturated heterocycles. The first-order chi connectivity index (χ1) is 7.65. The van der Waals surface area contributed by atoms with Gasteiger partial charge in [-0.05, 0) is 47.8 Å². The topological polar surface area (TPSA) is 53.1 Å². The quantitative estimate of drug-likeness (QED) is 0.659. The second-order valence-corrected chi connectivity index (χ2v) is 4.92. The van der Waals surface area contributed by atoms with Crippen molar-refractivity contribution in [3.05, 3.63) is 28.2 Å². The van der Waals surface area contributed by atoms with Crippen LogP contribution in [0.25, 0.3) is 0 Å². The summed E-state index contributed by atoms with van der Waals surface area (Å²) in [6, 6.07) is 6.61. The summed E-state index contributed by atoms with van der Waals surface area (Å²) >= 11 is 3.47. The Morgan fingerprint density at radius 2 is 2.25 bits per heavy atom. The third-order valence-electron chi connectivity index (χ3n) is 2.90. The van der Waals surface area contributed by atoms with Crippen molar-refractivity contribution in [2.75, 3.05) is 11.4 Å². The van der Waals surface area contributed by atoms with Gasteiger partial charge in [-0.25, -0.2) is 0 Å². The number of halogens is 1. The van der Waals surface area contributed by atoms with Crippen LogP contribution in [0.4, 0.5) is 5.69 Å². The van der Waals surface area contributed by atoms with Crippen molar-refractivity contribution in [3.63, 3.8) is 0 Å². The maximum absolute atomic E-state index is 7.67. The van der Waals surface area contributed by atoms with E-state index in [1.807, 2.05) is 18.2 Å². The van der Waals surface area contributed by atoms with Crippen LogP contribution in [0.3, 0.4) is 0 Å². The molecule has 0 amide bonds. The molecule has 1 aromatic carbocycles. The second kappa shape index (κ2) is 4.45. The number of nitrogens with zero attached hydrogens (tertiary/aromatic N) is 1. The lowest BCUT2D eigenvalue weighted by Crippen LogP contribution is -2.28. The number of amidine groups is 1. The summed E-state index contributed by atoms with van der Waals surface area (Å²) in [6.07, 6.45) is 2.50. The van der Waals surface area contributed by atoms with E-state index >= 15 is 0 Å². The fourth-order valence-corrected chi connectivity index (χ4v) is 2.60. The average Bonchev–Trinajstić information content (AvgIpc) is 3.02. The van der Waals surface area contributed by atoms with E-state index in [1.165, 1.54) is 12.8 Å². The van der Waals surface area contributed by atoms with E-state index in [2.05, 4.69) is 27.8 Å². The summed E-state index contributed by atoms with van der Waals surface area (Å²) in [5.74, 6) is 0.126. The number of anilines is 1. The van der Waals surface area contributed by atoms with Gasteiger partial charge in [-0.2, -0.15) is 0 Å². The molecule has 16 heavy (non-hydrogen) atoms. The summed E-state index contributed by atoms with van der Waals surface area (Å²) < 4.78 is 0.900. The van der Waals surface area contributed by atoms with Crippen LogP contribution in [0.1, 0.15) is 25.3 Å². The minimum Gasteiger partial charge on any atom is -0.384 e. The molecule has 1 fully saturated rings. The predicted octanol–water partition coefficient (Wildman–Crippen LogP) is 2.72. The first-order valence-electron chi connectivity index (χ1n) is 5.54. The van der Waals surface area contributed by atoms with Crippen LogP contribution in [0.5, 0.6) is 0 Å². The van der Waals surface area contributed by atoms with Crippen molar-refractivity contribution in [3.8, 4) is 0 Å². The zero-order valence-electron chi connectivity index (χ0n) is 9.33. The highest BCUT2D eigenvalue weighted by molar-refractivity contribution is 9.10. The molecule has 0 spiro atoms. The molecule has 3 N–H and O–H groups in total. The van der Waals surface area contributed by atoms with E-state index in [4.69, 9.17) is 11.1 Å². The zero-order valence-corrected chi connectivity index (χ0v) is 10.9. The van der Waals surface area contributed by atoms with Crippen molar-refractivity contribution >= 4 is 27.5 Å². The molecular weight excluding hydrogens is 266 g/mol. The van der Waals surface area contributed by atoms with Crippen LogP contribution in [0.15, 0.2) is 22.7 Å². The highest BCUT2D eigenvalue weighted by atomic mass is 79.9. The van der Waals surface area contributed by atoms with Gasteiger partial charge >= 0.3 is 0 Å². The van der Waals surface area contributed by atoms with Gasteiger partial charge in [-0.3, -0.25) is 5.41 Å². The minimum atomic E-state index is 0.126. The lowest BCUT2D eigenvalue weighted by molar-refractivity contribution is 0.825. The van der Waals surface area contributed by atoms with Crippen LogP contribution < -0.4 is 10.6 Å². The average molecular weight is 282 g/mol. The summed E-state index contributed by atoms with van der Waals surface area (Å²) in [5, 5.41) is 7.67. The number of hydrogen-bond donors (Lipinski definition) is 2. The molecule has 86 valence electrons. The molecule has 1 saturated carbocycles. The SMILES string of the molecule is CCN(c1cccc(Br)c1C(=N)N)C1CC1. The first kappa shape index (κ1) is 11.5. The molecule has 0 bridgehead atoms. The van der Waals surface area contributed by atoms with Gasteiger partial charge in [-0.1, -0.05) is 6.07 Å². The first-order valence-corrected chi connectivity index (χ1v) is 6.34. The van der Waals surface area contributed by atoms with E-state index in [0.29, 0.717) is 6.04 Å². The molecule has 1 aliphatic rings. The Morgan fingerprint density at radius 3 is 2.75 bits per heavy atom. The third-order valence-corrected chi connectivity index (χ3v) is 3.56. The van der Waals surface area contributed by atoms with Gasteiger partial charge in [0.25, 0.3) is 0 Å². The van der Waals surface area contributed by atoms with Crippen LogP contribution >= 0.6 is 15.9 Å². The van der Waals surface area contributed by atoms with Gasteiger partial charge in [0.05, 0.1) is 5.56 Å². The summed E-state index contributed by atoms with van der Waals surface area (Å²) in [7, 11) is 0.